The van der Waals surface area contributed by atoms with Crippen molar-refractivity contribution in [2.75, 3.05) is 19.6 Å². The summed E-state index contributed by atoms with van der Waals surface area (Å²) in [5.41, 5.74) is 3.49. The highest BCUT2D eigenvalue weighted by molar-refractivity contribution is 5.59. The lowest BCUT2D eigenvalue weighted by molar-refractivity contribution is 0.342. The standard InChI is InChI=1S/C16H20FN/c17-16-5-3-4-14-12-13(6-7-15(14)16)8-11-18-9-1-2-10-18/h3-5,12H,1-2,6-11H2. The maximum Gasteiger partial charge on any atom is 0.127 e. The Morgan fingerprint density at radius 2 is 1.94 bits per heavy atom. The van der Waals surface area contributed by atoms with Crippen LogP contribution in [-0.2, 0) is 6.42 Å². The quantitative estimate of drug-likeness (QED) is 0.786. The molecule has 0 bridgehead atoms. The topological polar surface area (TPSA) is 3.24 Å². The first-order valence-corrected chi connectivity index (χ1v) is 7.02. The largest absolute Gasteiger partial charge is 0.303 e. The molecule has 1 nitrogen and oxygen atoms in total. The zero-order valence-corrected chi connectivity index (χ0v) is 10.8. The molecule has 0 radical (unpaired) electrons. The zero-order chi connectivity index (χ0) is 12.4. The Bertz CT molecular complexity index is 458. The van der Waals surface area contributed by atoms with Gasteiger partial charge in [-0.2, -0.15) is 0 Å². The van der Waals surface area contributed by atoms with Crippen molar-refractivity contribution in [2.45, 2.75) is 32.1 Å². The normalized spacial score (nSPS) is 19.7. The Labute approximate surface area is 108 Å². The van der Waals surface area contributed by atoms with Gasteiger partial charge in [0.2, 0.25) is 0 Å². The fraction of sp³-hybridized carbons (Fsp3) is 0.500. The second-order valence-electron chi connectivity index (χ2n) is 5.41. The molecule has 0 spiro atoms. The molecule has 1 aliphatic heterocycles. The van der Waals surface area contributed by atoms with Crippen molar-refractivity contribution in [3.8, 4) is 0 Å². The second kappa shape index (κ2) is 5.23. The van der Waals surface area contributed by atoms with Gasteiger partial charge in [-0.3, -0.25) is 0 Å². The maximum atomic E-state index is 13.6. The van der Waals surface area contributed by atoms with Gasteiger partial charge in [0.15, 0.2) is 0 Å². The molecular weight excluding hydrogens is 225 g/mol. The van der Waals surface area contributed by atoms with E-state index in [-0.39, 0.29) is 5.82 Å². The van der Waals surface area contributed by atoms with Gasteiger partial charge in [-0.25, -0.2) is 4.39 Å². The molecule has 1 heterocycles. The minimum Gasteiger partial charge on any atom is -0.303 e. The third kappa shape index (κ3) is 2.49. The van der Waals surface area contributed by atoms with Crippen LogP contribution in [0.1, 0.15) is 36.8 Å². The van der Waals surface area contributed by atoms with E-state index in [1.54, 1.807) is 6.07 Å². The van der Waals surface area contributed by atoms with E-state index in [1.165, 1.54) is 38.0 Å². The Hall–Kier alpha value is -1.15. The molecule has 0 aromatic heterocycles. The molecule has 0 saturated carbocycles. The number of fused-ring (bicyclic) bond motifs is 1. The van der Waals surface area contributed by atoms with Gasteiger partial charge in [-0.05, 0) is 62.4 Å². The van der Waals surface area contributed by atoms with Crippen LogP contribution >= 0.6 is 0 Å². The molecule has 0 N–H and O–H groups in total. The smallest absolute Gasteiger partial charge is 0.127 e. The Morgan fingerprint density at radius 1 is 1.11 bits per heavy atom. The fourth-order valence-electron chi connectivity index (χ4n) is 3.06. The number of hydrogen-bond donors (Lipinski definition) is 0. The monoisotopic (exact) mass is 245 g/mol. The minimum atomic E-state index is -0.0395. The van der Waals surface area contributed by atoms with E-state index in [2.05, 4.69) is 11.0 Å². The van der Waals surface area contributed by atoms with Crippen molar-refractivity contribution in [1.29, 1.82) is 0 Å². The molecule has 1 saturated heterocycles. The van der Waals surface area contributed by atoms with E-state index in [1.807, 2.05) is 12.1 Å². The number of nitrogens with zero attached hydrogens (tertiary/aromatic N) is 1. The van der Waals surface area contributed by atoms with Gasteiger partial charge in [0.25, 0.3) is 0 Å². The van der Waals surface area contributed by atoms with Crippen LogP contribution in [0.15, 0.2) is 23.8 Å². The van der Waals surface area contributed by atoms with Crippen LogP contribution < -0.4 is 0 Å². The van der Waals surface area contributed by atoms with E-state index in [0.717, 1.165) is 30.4 Å². The summed E-state index contributed by atoms with van der Waals surface area (Å²) in [6, 6.07) is 5.42. The van der Waals surface area contributed by atoms with Crippen LogP contribution in [0.4, 0.5) is 4.39 Å². The lowest BCUT2D eigenvalue weighted by atomic mass is 9.90. The molecule has 96 valence electrons. The lowest BCUT2D eigenvalue weighted by Gasteiger charge is -2.20. The first kappa shape index (κ1) is 11.9. The van der Waals surface area contributed by atoms with Gasteiger partial charge in [0, 0.05) is 6.54 Å². The number of hydrogen-bond acceptors (Lipinski definition) is 1. The summed E-state index contributed by atoms with van der Waals surface area (Å²) >= 11 is 0. The number of rotatable bonds is 3. The van der Waals surface area contributed by atoms with Gasteiger partial charge in [-0.15, -0.1) is 0 Å². The molecule has 1 fully saturated rings. The first-order chi connectivity index (χ1) is 8.83. The van der Waals surface area contributed by atoms with Gasteiger partial charge < -0.3 is 4.90 Å². The van der Waals surface area contributed by atoms with Crippen LogP contribution in [0.5, 0.6) is 0 Å². The Kier molecular flexibility index (Phi) is 3.46. The summed E-state index contributed by atoms with van der Waals surface area (Å²) in [6.07, 6.45) is 7.96. The van der Waals surface area contributed by atoms with Crippen LogP contribution in [-0.4, -0.2) is 24.5 Å². The average Bonchev–Trinajstić information content (AvgIpc) is 2.90. The minimum absolute atomic E-state index is 0.0395. The van der Waals surface area contributed by atoms with E-state index in [0.29, 0.717) is 0 Å². The molecular formula is C16H20FN. The zero-order valence-electron chi connectivity index (χ0n) is 10.8. The lowest BCUT2D eigenvalue weighted by Crippen LogP contribution is -2.21. The SMILES string of the molecule is Fc1cccc2c1CCC(CCN1CCCC1)=C2. The molecule has 2 aliphatic rings. The molecule has 0 amide bonds. The third-order valence-electron chi connectivity index (χ3n) is 4.16. The summed E-state index contributed by atoms with van der Waals surface area (Å²) in [5, 5.41) is 0. The molecule has 2 heteroatoms. The highest BCUT2D eigenvalue weighted by atomic mass is 19.1. The molecule has 3 rings (SSSR count). The van der Waals surface area contributed by atoms with Crippen molar-refractivity contribution in [3.05, 3.63) is 40.7 Å². The van der Waals surface area contributed by atoms with Gasteiger partial charge in [0.05, 0.1) is 0 Å². The van der Waals surface area contributed by atoms with Crippen molar-refractivity contribution in [2.24, 2.45) is 0 Å². The molecule has 0 unspecified atom stereocenters. The van der Waals surface area contributed by atoms with Crippen molar-refractivity contribution < 1.29 is 4.39 Å². The Morgan fingerprint density at radius 3 is 2.78 bits per heavy atom. The van der Waals surface area contributed by atoms with E-state index < -0.39 is 0 Å². The Balaban J connectivity index is 1.67. The predicted octanol–water partition coefficient (Wildman–Crippen LogP) is 3.64. The summed E-state index contributed by atoms with van der Waals surface area (Å²) in [6.45, 7) is 3.70. The summed E-state index contributed by atoms with van der Waals surface area (Å²) in [7, 11) is 0. The number of benzene rings is 1. The summed E-state index contributed by atoms with van der Waals surface area (Å²) in [5.74, 6) is -0.0395. The van der Waals surface area contributed by atoms with Gasteiger partial charge in [-0.1, -0.05) is 23.8 Å². The van der Waals surface area contributed by atoms with E-state index >= 15 is 0 Å². The molecule has 1 aromatic rings. The molecule has 1 aliphatic carbocycles. The fourth-order valence-corrected chi connectivity index (χ4v) is 3.06. The van der Waals surface area contributed by atoms with Crippen LogP contribution in [0.2, 0.25) is 0 Å². The molecule has 1 aromatic carbocycles. The van der Waals surface area contributed by atoms with Crippen molar-refractivity contribution in [1.82, 2.24) is 4.90 Å². The second-order valence-corrected chi connectivity index (χ2v) is 5.41. The number of likely N-dealkylation sites (tertiary alicyclic amines) is 1. The number of halogens is 1. The molecule has 0 atom stereocenters. The average molecular weight is 245 g/mol. The predicted molar refractivity (Wildman–Crippen MR) is 73.0 cm³/mol. The van der Waals surface area contributed by atoms with Gasteiger partial charge >= 0.3 is 0 Å². The van der Waals surface area contributed by atoms with Gasteiger partial charge in [0.1, 0.15) is 5.82 Å². The van der Waals surface area contributed by atoms with Crippen LogP contribution in [0, 0.1) is 5.82 Å². The summed E-state index contributed by atoms with van der Waals surface area (Å²) < 4.78 is 13.6. The first-order valence-electron chi connectivity index (χ1n) is 7.02. The maximum absolute atomic E-state index is 13.6. The van der Waals surface area contributed by atoms with Crippen LogP contribution in [0.25, 0.3) is 6.08 Å². The van der Waals surface area contributed by atoms with Crippen molar-refractivity contribution >= 4 is 6.08 Å². The van der Waals surface area contributed by atoms with E-state index in [4.69, 9.17) is 0 Å². The highest BCUT2D eigenvalue weighted by Crippen LogP contribution is 2.27. The van der Waals surface area contributed by atoms with Crippen LogP contribution in [0.3, 0.4) is 0 Å². The third-order valence-corrected chi connectivity index (χ3v) is 4.16. The highest BCUT2D eigenvalue weighted by Gasteiger charge is 2.16. The van der Waals surface area contributed by atoms with E-state index in [9.17, 15) is 4.39 Å². The summed E-state index contributed by atoms with van der Waals surface area (Å²) in [4.78, 5) is 2.54. The van der Waals surface area contributed by atoms with Crippen molar-refractivity contribution in [3.63, 3.8) is 0 Å². The molecule has 18 heavy (non-hydrogen) atoms.